The van der Waals surface area contributed by atoms with Crippen molar-refractivity contribution in [3.63, 3.8) is 0 Å². The van der Waals surface area contributed by atoms with E-state index in [1.807, 2.05) is 12.3 Å². The van der Waals surface area contributed by atoms with Gasteiger partial charge in [0.05, 0.1) is 12.5 Å². The molecule has 0 aromatic carbocycles. The summed E-state index contributed by atoms with van der Waals surface area (Å²) in [7, 11) is 0. The van der Waals surface area contributed by atoms with E-state index >= 15 is 0 Å². The first-order chi connectivity index (χ1) is 8.68. The lowest BCUT2D eigenvalue weighted by molar-refractivity contribution is 0.183. The minimum Gasteiger partial charge on any atom is -0.472 e. The van der Waals surface area contributed by atoms with Gasteiger partial charge in [-0.15, -0.1) is 0 Å². The van der Waals surface area contributed by atoms with Gasteiger partial charge in [0.2, 0.25) is 0 Å². The molecule has 1 fully saturated rings. The molecule has 0 saturated carbocycles. The number of nitrogens with one attached hydrogen (secondary N) is 1. The van der Waals surface area contributed by atoms with Crippen LogP contribution in [0.3, 0.4) is 0 Å². The predicted octanol–water partition coefficient (Wildman–Crippen LogP) is 3.05. The van der Waals surface area contributed by atoms with Gasteiger partial charge in [0.25, 0.3) is 0 Å². The molecule has 1 aromatic heterocycles. The summed E-state index contributed by atoms with van der Waals surface area (Å²) in [4.78, 5) is 2.64. The highest BCUT2D eigenvalue weighted by Crippen LogP contribution is 2.19. The van der Waals surface area contributed by atoms with Gasteiger partial charge in [-0.3, -0.25) is 4.90 Å². The topological polar surface area (TPSA) is 28.4 Å². The Morgan fingerprint density at radius 2 is 2.00 bits per heavy atom. The Morgan fingerprint density at radius 1 is 1.28 bits per heavy atom. The Kier molecular flexibility index (Phi) is 4.84. The van der Waals surface area contributed by atoms with E-state index in [1.54, 1.807) is 6.26 Å². The van der Waals surface area contributed by atoms with Crippen LogP contribution in [0.4, 0.5) is 0 Å². The van der Waals surface area contributed by atoms with Gasteiger partial charge < -0.3 is 9.73 Å². The summed E-state index contributed by atoms with van der Waals surface area (Å²) in [5, 5.41) is 3.64. The van der Waals surface area contributed by atoms with Crippen molar-refractivity contribution in [2.45, 2.75) is 45.7 Å². The third-order valence-corrected chi connectivity index (χ3v) is 4.06. The van der Waals surface area contributed by atoms with E-state index in [4.69, 9.17) is 4.42 Å². The maximum absolute atomic E-state index is 5.14. The molecule has 3 nitrogen and oxygen atoms in total. The number of furan rings is 1. The first-order valence-corrected chi connectivity index (χ1v) is 7.18. The Morgan fingerprint density at radius 3 is 2.56 bits per heavy atom. The molecule has 2 heterocycles. The summed E-state index contributed by atoms with van der Waals surface area (Å²) in [6.45, 7) is 10.5. The summed E-state index contributed by atoms with van der Waals surface area (Å²) in [6, 6.07) is 3.06. The number of nitrogens with zero attached hydrogens (tertiary/aromatic N) is 1. The van der Waals surface area contributed by atoms with E-state index in [1.165, 1.54) is 31.5 Å². The summed E-state index contributed by atoms with van der Waals surface area (Å²) in [6.07, 6.45) is 6.30. The van der Waals surface area contributed by atoms with Crippen molar-refractivity contribution >= 4 is 0 Å². The highest BCUT2D eigenvalue weighted by molar-refractivity contribution is 5.10. The van der Waals surface area contributed by atoms with Gasteiger partial charge in [0, 0.05) is 24.2 Å². The molecule has 2 unspecified atom stereocenters. The zero-order valence-corrected chi connectivity index (χ0v) is 11.9. The molecule has 0 radical (unpaired) electrons. The van der Waals surface area contributed by atoms with E-state index < -0.39 is 0 Å². The molecule has 1 N–H and O–H groups in total. The van der Waals surface area contributed by atoms with Crippen LogP contribution in [0.25, 0.3) is 0 Å². The predicted molar refractivity (Wildman–Crippen MR) is 74.6 cm³/mol. The third kappa shape index (κ3) is 3.36. The Balaban J connectivity index is 1.85. The SMILES string of the molecule is CC(NCC(C(C)C)N1CCCC1)c1ccoc1. The van der Waals surface area contributed by atoms with Crippen LogP contribution in [0.5, 0.6) is 0 Å². The van der Waals surface area contributed by atoms with Crippen LogP contribution in [0.2, 0.25) is 0 Å². The molecule has 1 aliphatic heterocycles. The van der Waals surface area contributed by atoms with E-state index in [-0.39, 0.29) is 0 Å². The van der Waals surface area contributed by atoms with E-state index in [2.05, 4.69) is 31.0 Å². The zero-order valence-electron chi connectivity index (χ0n) is 11.9. The largest absolute Gasteiger partial charge is 0.472 e. The molecule has 2 rings (SSSR count). The number of hydrogen-bond donors (Lipinski definition) is 1. The van der Waals surface area contributed by atoms with Gasteiger partial charge in [0.15, 0.2) is 0 Å². The van der Waals surface area contributed by atoms with Gasteiger partial charge in [-0.2, -0.15) is 0 Å². The Hall–Kier alpha value is -0.800. The molecule has 18 heavy (non-hydrogen) atoms. The van der Waals surface area contributed by atoms with Crippen molar-refractivity contribution < 1.29 is 4.42 Å². The monoisotopic (exact) mass is 250 g/mol. The summed E-state index contributed by atoms with van der Waals surface area (Å²) in [5.74, 6) is 0.701. The van der Waals surface area contributed by atoms with Gasteiger partial charge in [-0.05, 0) is 44.8 Å². The average Bonchev–Trinajstić information content (AvgIpc) is 3.01. The lowest BCUT2D eigenvalue weighted by Crippen LogP contribution is -2.44. The van der Waals surface area contributed by atoms with Crippen LogP contribution in [-0.4, -0.2) is 30.6 Å². The average molecular weight is 250 g/mol. The van der Waals surface area contributed by atoms with Gasteiger partial charge in [-0.25, -0.2) is 0 Å². The molecule has 3 heteroatoms. The molecule has 0 aliphatic carbocycles. The van der Waals surface area contributed by atoms with Crippen LogP contribution in [0.1, 0.15) is 45.2 Å². The second-order valence-electron chi connectivity index (χ2n) is 5.74. The summed E-state index contributed by atoms with van der Waals surface area (Å²) >= 11 is 0. The Bertz CT molecular complexity index is 328. The Labute approximate surface area is 111 Å². The number of likely N-dealkylation sites (tertiary alicyclic amines) is 1. The first-order valence-electron chi connectivity index (χ1n) is 7.18. The van der Waals surface area contributed by atoms with Crippen LogP contribution in [0.15, 0.2) is 23.0 Å². The zero-order chi connectivity index (χ0) is 13.0. The molecular formula is C15H26N2O. The summed E-state index contributed by atoms with van der Waals surface area (Å²) < 4.78 is 5.14. The van der Waals surface area contributed by atoms with Gasteiger partial charge in [0.1, 0.15) is 0 Å². The smallest absolute Gasteiger partial charge is 0.0950 e. The fourth-order valence-corrected chi connectivity index (χ4v) is 2.80. The minimum absolute atomic E-state index is 0.368. The van der Waals surface area contributed by atoms with E-state index in [9.17, 15) is 0 Å². The fourth-order valence-electron chi connectivity index (χ4n) is 2.80. The van der Waals surface area contributed by atoms with Crippen LogP contribution in [-0.2, 0) is 0 Å². The third-order valence-electron chi connectivity index (χ3n) is 4.06. The highest BCUT2D eigenvalue weighted by Gasteiger charge is 2.24. The number of rotatable bonds is 6. The lowest BCUT2D eigenvalue weighted by Gasteiger charge is -2.32. The van der Waals surface area contributed by atoms with Crippen LogP contribution >= 0.6 is 0 Å². The second kappa shape index (κ2) is 6.39. The van der Waals surface area contributed by atoms with E-state index in [0.29, 0.717) is 18.0 Å². The molecule has 1 aromatic rings. The van der Waals surface area contributed by atoms with Crippen LogP contribution in [0, 0.1) is 5.92 Å². The first kappa shape index (κ1) is 13.6. The molecule has 102 valence electrons. The molecule has 2 atom stereocenters. The number of hydrogen-bond acceptors (Lipinski definition) is 3. The molecular weight excluding hydrogens is 224 g/mol. The molecule has 0 bridgehead atoms. The standard InChI is InChI=1S/C15H26N2O/c1-12(2)15(17-7-4-5-8-17)10-16-13(3)14-6-9-18-11-14/h6,9,11-13,15-16H,4-5,7-8,10H2,1-3H3. The molecule has 1 aliphatic rings. The minimum atomic E-state index is 0.368. The van der Waals surface area contributed by atoms with Gasteiger partial charge >= 0.3 is 0 Å². The lowest BCUT2D eigenvalue weighted by atomic mass is 10.0. The van der Waals surface area contributed by atoms with Gasteiger partial charge in [-0.1, -0.05) is 13.8 Å². The van der Waals surface area contributed by atoms with Crippen LogP contribution < -0.4 is 5.32 Å². The van der Waals surface area contributed by atoms with Crippen molar-refractivity contribution in [1.82, 2.24) is 10.2 Å². The molecule has 1 saturated heterocycles. The fraction of sp³-hybridized carbons (Fsp3) is 0.733. The van der Waals surface area contributed by atoms with Crippen molar-refractivity contribution in [3.8, 4) is 0 Å². The molecule has 0 amide bonds. The van der Waals surface area contributed by atoms with Crippen molar-refractivity contribution in [3.05, 3.63) is 24.2 Å². The summed E-state index contributed by atoms with van der Waals surface area (Å²) in [5.41, 5.74) is 1.24. The van der Waals surface area contributed by atoms with Crippen molar-refractivity contribution in [1.29, 1.82) is 0 Å². The maximum atomic E-state index is 5.14. The van der Waals surface area contributed by atoms with Crippen molar-refractivity contribution in [2.75, 3.05) is 19.6 Å². The quantitative estimate of drug-likeness (QED) is 0.841. The highest BCUT2D eigenvalue weighted by atomic mass is 16.3. The van der Waals surface area contributed by atoms with E-state index in [0.717, 1.165) is 6.54 Å². The second-order valence-corrected chi connectivity index (χ2v) is 5.74. The van der Waals surface area contributed by atoms with Crippen molar-refractivity contribution in [2.24, 2.45) is 5.92 Å². The normalized spacial score (nSPS) is 20.4. The maximum Gasteiger partial charge on any atom is 0.0950 e. The molecule has 0 spiro atoms.